The minimum Gasteiger partial charge on any atom is -0.516 e. The lowest BCUT2D eigenvalue weighted by Gasteiger charge is -2.24. The molecule has 182 valence electrons. The van der Waals surface area contributed by atoms with Gasteiger partial charge in [0.25, 0.3) is 0 Å². The molecule has 0 aliphatic carbocycles. The molecular formula is C26H40N4O3. The molecule has 0 unspecified atom stereocenters. The molecule has 2 heterocycles. The maximum Gasteiger partial charge on any atom is 0.227 e. The predicted octanol–water partition coefficient (Wildman–Crippen LogP) is 5.59. The third-order valence-electron chi connectivity index (χ3n) is 4.92. The standard InChI is InChI=1S/C16H18N4O.C5H12O.C5H10O/c1-2-12-3-5-14(6-4-12)18-16-17-9-13-7-8-20(11-21)10-15(13)19-16;1-5(2,3)6-4;1-2-3-4-5-6/h3-6,9,11H,2,7-8,10H2,1H3,(H,17,18,19);1-4H3;4-6H,2-3H2,1H3. The lowest BCUT2D eigenvalue weighted by molar-refractivity contribution is -0.119. The summed E-state index contributed by atoms with van der Waals surface area (Å²) in [5.41, 5.74) is 4.36. The van der Waals surface area contributed by atoms with Gasteiger partial charge in [0.15, 0.2) is 0 Å². The maximum absolute atomic E-state index is 10.9. The first-order valence-electron chi connectivity index (χ1n) is 11.5. The van der Waals surface area contributed by atoms with Gasteiger partial charge in [-0.1, -0.05) is 38.5 Å². The first-order valence-corrected chi connectivity index (χ1v) is 11.5. The Bertz CT molecular complexity index is 846. The fourth-order valence-electron chi connectivity index (χ4n) is 2.67. The highest BCUT2D eigenvalue weighted by atomic mass is 16.5. The van der Waals surface area contributed by atoms with E-state index in [0.29, 0.717) is 12.5 Å². The van der Waals surface area contributed by atoms with Crippen molar-refractivity contribution in [2.75, 3.05) is 19.0 Å². The Hall–Kier alpha value is -2.93. The molecule has 0 spiro atoms. The highest BCUT2D eigenvalue weighted by Crippen LogP contribution is 2.19. The third kappa shape index (κ3) is 11.5. The largest absolute Gasteiger partial charge is 0.516 e. The number of hydrogen-bond donors (Lipinski definition) is 2. The molecule has 1 aromatic heterocycles. The zero-order chi connectivity index (χ0) is 24.7. The number of aliphatic hydroxyl groups is 1. The van der Waals surface area contributed by atoms with Crippen molar-refractivity contribution in [3.63, 3.8) is 0 Å². The van der Waals surface area contributed by atoms with Crippen LogP contribution in [0.5, 0.6) is 0 Å². The molecule has 1 aliphatic rings. The molecule has 2 N–H and O–H groups in total. The zero-order valence-corrected chi connectivity index (χ0v) is 21.0. The van der Waals surface area contributed by atoms with Crippen LogP contribution in [-0.2, 0) is 28.9 Å². The number of allylic oxidation sites excluding steroid dienone is 1. The van der Waals surface area contributed by atoms with Gasteiger partial charge in [-0.15, -0.1) is 0 Å². The van der Waals surface area contributed by atoms with Crippen molar-refractivity contribution < 1.29 is 14.6 Å². The summed E-state index contributed by atoms with van der Waals surface area (Å²) in [5.74, 6) is 0.575. The molecule has 33 heavy (non-hydrogen) atoms. The van der Waals surface area contributed by atoms with E-state index >= 15 is 0 Å². The molecule has 7 nitrogen and oxygen atoms in total. The van der Waals surface area contributed by atoms with Gasteiger partial charge in [0.2, 0.25) is 12.4 Å². The summed E-state index contributed by atoms with van der Waals surface area (Å²) in [7, 11) is 1.71. The van der Waals surface area contributed by atoms with Crippen molar-refractivity contribution in [3.05, 3.63) is 59.6 Å². The Morgan fingerprint density at radius 2 is 1.88 bits per heavy atom. The summed E-state index contributed by atoms with van der Waals surface area (Å²) in [5, 5.41) is 11.2. The first kappa shape index (κ1) is 28.1. The molecule has 0 radical (unpaired) electrons. The Balaban J connectivity index is 0.000000377. The van der Waals surface area contributed by atoms with Crippen LogP contribution in [0.3, 0.4) is 0 Å². The predicted molar refractivity (Wildman–Crippen MR) is 135 cm³/mol. The molecule has 1 aliphatic heterocycles. The maximum atomic E-state index is 10.9. The van der Waals surface area contributed by atoms with Gasteiger partial charge in [-0.3, -0.25) is 4.79 Å². The minimum atomic E-state index is 0.0417. The SMILES string of the molecule is CCCC=CO.CCc1ccc(Nc2ncc3c(n2)CN(C=O)CC3)cc1.COC(C)(C)C. The van der Waals surface area contributed by atoms with Gasteiger partial charge in [-0.25, -0.2) is 9.97 Å². The molecule has 7 heteroatoms. The number of anilines is 2. The Kier molecular flexibility index (Phi) is 12.8. The number of nitrogens with one attached hydrogen (secondary N) is 1. The number of fused-ring (bicyclic) bond motifs is 1. The second kappa shape index (κ2) is 15.0. The fourth-order valence-corrected chi connectivity index (χ4v) is 2.67. The highest BCUT2D eigenvalue weighted by Gasteiger charge is 2.17. The van der Waals surface area contributed by atoms with Gasteiger partial charge in [-0.05, 0) is 63.3 Å². The number of hydrogen-bond acceptors (Lipinski definition) is 6. The van der Waals surface area contributed by atoms with E-state index in [0.717, 1.165) is 61.8 Å². The van der Waals surface area contributed by atoms with E-state index in [1.165, 1.54) is 5.56 Å². The van der Waals surface area contributed by atoms with Crippen LogP contribution in [0.1, 0.15) is 64.3 Å². The summed E-state index contributed by atoms with van der Waals surface area (Å²) in [4.78, 5) is 21.5. The normalized spacial score (nSPS) is 12.7. The van der Waals surface area contributed by atoms with E-state index in [9.17, 15) is 4.79 Å². The molecule has 0 bridgehead atoms. The number of rotatable bonds is 6. The van der Waals surface area contributed by atoms with Gasteiger partial charge < -0.3 is 20.1 Å². The van der Waals surface area contributed by atoms with Crippen LogP contribution in [0.25, 0.3) is 0 Å². The summed E-state index contributed by atoms with van der Waals surface area (Å²) in [6.45, 7) is 11.6. The Morgan fingerprint density at radius 1 is 1.21 bits per heavy atom. The van der Waals surface area contributed by atoms with Crippen molar-refractivity contribution in [2.45, 2.75) is 72.4 Å². The van der Waals surface area contributed by atoms with E-state index in [2.05, 4.69) is 41.3 Å². The number of ether oxygens (including phenoxy) is 1. The molecular weight excluding hydrogens is 416 g/mol. The molecule has 3 rings (SSSR count). The number of carbonyl (C=O) groups is 1. The summed E-state index contributed by atoms with van der Waals surface area (Å²) in [6, 6.07) is 8.24. The molecule has 0 atom stereocenters. The molecule has 0 saturated heterocycles. The van der Waals surface area contributed by atoms with Gasteiger partial charge in [0.05, 0.1) is 24.1 Å². The molecule has 2 aromatic rings. The topological polar surface area (TPSA) is 87.6 Å². The number of aromatic nitrogens is 2. The minimum absolute atomic E-state index is 0.0417. The van der Waals surface area contributed by atoms with Crippen molar-refractivity contribution in [2.24, 2.45) is 0 Å². The number of aliphatic hydroxyl groups excluding tert-OH is 1. The molecule has 1 aromatic carbocycles. The highest BCUT2D eigenvalue weighted by molar-refractivity contribution is 5.54. The number of unbranched alkanes of at least 4 members (excludes halogenated alkanes) is 1. The van der Waals surface area contributed by atoms with E-state index in [-0.39, 0.29) is 5.60 Å². The van der Waals surface area contributed by atoms with Gasteiger partial charge >= 0.3 is 0 Å². The van der Waals surface area contributed by atoms with Crippen molar-refractivity contribution >= 4 is 18.0 Å². The van der Waals surface area contributed by atoms with Crippen LogP contribution in [0.15, 0.2) is 42.8 Å². The number of nitrogens with zero attached hydrogens (tertiary/aromatic N) is 3. The number of aryl methyl sites for hydroxylation is 1. The van der Waals surface area contributed by atoms with Gasteiger partial charge in [0.1, 0.15) is 0 Å². The quantitative estimate of drug-likeness (QED) is 0.435. The lowest BCUT2D eigenvalue weighted by Crippen LogP contribution is -2.30. The molecule has 0 saturated carbocycles. The fraction of sp³-hybridized carbons (Fsp3) is 0.500. The summed E-state index contributed by atoms with van der Waals surface area (Å²) < 4.78 is 4.94. The van der Waals surface area contributed by atoms with Crippen molar-refractivity contribution in [1.29, 1.82) is 0 Å². The smallest absolute Gasteiger partial charge is 0.227 e. The van der Waals surface area contributed by atoms with Crippen LogP contribution >= 0.6 is 0 Å². The van der Waals surface area contributed by atoms with Crippen LogP contribution in [0, 0.1) is 0 Å². The van der Waals surface area contributed by atoms with Crippen LogP contribution in [-0.4, -0.2) is 45.6 Å². The van der Waals surface area contributed by atoms with Crippen LogP contribution in [0.2, 0.25) is 0 Å². The Labute approximate surface area is 198 Å². The number of benzene rings is 1. The van der Waals surface area contributed by atoms with E-state index in [1.54, 1.807) is 18.1 Å². The van der Waals surface area contributed by atoms with Crippen LogP contribution < -0.4 is 5.32 Å². The van der Waals surface area contributed by atoms with Gasteiger partial charge in [-0.2, -0.15) is 0 Å². The molecule has 0 fully saturated rings. The average molecular weight is 457 g/mol. The second-order valence-electron chi connectivity index (χ2n) is 8.66. The average Bonchev–Trinajstić information content (AvgIpc) is 2.83. The van der Waals surface area contributed by atoms with Gasteiger partial charge in [0, 0.05) is 25.5 Å². The number of carbonyl (C=O) groups excluding carboxylic acids is 1. The Morgan fingerprint density at radius 3 is 2.36 bits per heavy atom. The first-order chi connectivity index (χ1) is 15.8. The van der Waals surface area contributed by atoms with E-state index < -0.39 is 0 Å². The zero-order valence-electron chi connectivity index (χ0n) is 21.0. The summed E-state index contributed by atoms with van der Waals surface area (Å²) in [6.07, 6.45) is 9.49. The monoisotopic (exact) mass is 456 g/mol. The number of amides is 1. The second-order valence-corrected chi connectivity index (χ2v) is 8.66. The lowest BCUT2D eigenvalue weighted by atomic mass is 10.1. The van der Waals surface area contributed by atoms with Crippen molar-refractivity contribution in [1.82, 2.24) is 14.9 Å². The number of methoxy groups -OCH3 is 1. The van der Waals surface area contributed by atoms with E-state index in [1.807, 2.05) is 39.1 Å². The third-order valence-corrected chi connectivity index (χ3v) is 4.92. The molecule has 1 amide bonds. The van der Waals surface area contributed by atoms with E-state index in [4.69, 9.17) is 9.84 Å². The summed E-state index contributed by atoms with van der Waals surface area (Å²) >= 11 is 0. The van der Waals surface area contributed by atoms with Crippen molar-refractivity contribution in [3.8, 4) is 0 Å². The van der Waals surface area contributed by atoms with Crippen LogP contribution in [0.4, 0.5) is 11.6 Å².